The summed E-state index contributed by atoms with van der Waals surface area (Å²) in [5, 5.41) is 13.3. The molecule has 0 radical (unpaired) electrons. The van der Waals surface area contributed by atoms with Crippen LogP contribution in [0.25, 0.3) is 0 Å². The minimum Gasteiger partial charge on any atom is -0.350 e. The first-order valence-corrected chi connectivity index (χ1v) is 6.62. The van der Waals surface area contributed by atoms with Crippen molar-refractivity contribution in [3.63, 3.8) is 0 Å². The van der Waals surface area contributed by atoms with Gasteiger partial charge in [-0.25, -0.2) is 4.98 Å². The summed E-state index contributed by atoms with van der Waals surface area (Å²) in [4.78, 5) is 26.0. The van der Waals surface area contributed by atoms with E-state index in [2.05, 4.69) is 10.3 Å². The molecule has 0 aliphatic heterocycles. The van der Waals surface area contributed by atoms with Crippen molar-refractivity contribution >= 4 is 34.8 Å². The van der Waals surface area contributed by atoms with E-state index in [0.717, 1.165) is 6.07 Å². The zero-order chi connectivity index (χ0) is 15.4. The number of nitro groups is 1. The van der Waals surface area contributed by atoms with Crippen LogP contribution in [0, 0.1) is 10.1 Å². The highest BCUT2D eigenvalue weighted by Gasteiger charge is 2.19. The van der Waals surface area contributed by atoms with E-state index in [4.69, 9.17) is 23.2 Å². The lowest BCUT2D eigenvalue weighted by Crippen LogP contribution is -2.27. The van der Waals surface area contributed by atoms with Gasteiger partial charge >= 0.3 is 0 Å². The maximum absolute atomic E-state index is 12.0. The third-order valence-electron chi connectivity index (χ3n) is 2.68. The number of nitro benzene ring substituents is 1. The van der Waals surface area contributed by atoms with E-state index in [0.29, 0.717) is 13.1 Å². The Kier molecular flexibility index (Phi) is 4.77. The highest BCUT2D eigenvalue weighted by molar-refractivity contribution is 6.43. The Balaban J connectivity index is 2.07. The summed E-state index contributed by atoms with van der Waals surface area (Å²) in [7, 11) is 0. The fourth-order valence-electron chi connectivity index (χ4n) is 1.66. The second-order valence-electron chi connectivity index (χ2n) is 4.10. The third kappa shape index (κ3) is 3.71. The Labute approximate surface area is 129 Å². The van der Waals surface area contributed by atoms with Crippen LogP contribution in [0.2, 0.25) is 10.0 Å². The van der Waals surface area contributed by atoms with Gasteiger partial charge in [0.25, 0.3) is 11.6 Å². The molecule has 21 heavy (non-hydrogen) atoms. The maximum Gasteiger partial charge on any atom is 0.290 e. The highest BCUT2D eigenvalue weighted by atomic mass is 35.5. The molecule has 2 rings (SSSR count). The predicted octanol–water partition coefficient (Wildman–Crippen LogP) is 2.53. The molecule has 110 valence electrons. The first kappa shape index (κ1) is 15.3. The molecule has 0 aliphatic carbocycles. The van der Waals surface area contributed by atoms with Gasteiger partial charge in [0, 0.05) is 37.1 Å². The number of benzene rings is 1. The maximum atomic E-state index is 12.0. The summed E-state index contributed by atoms with van der Waals surface area (Å²) in [6.07, 6.45) is 5.01. The lowest BCUT2D eigenvalue weighted by atomic mass is 10.2. The van der Waals surface area contributed by atoms with Gasteiger partial charge in [0.05, 0.1) is 16.3 Å². The van der Waals surface area contributed by atoms with Crippen molar-refractivity contribution in [2.24, 2.45) is 0 Å². The molecule has 1 aromatic heterocycles. The minimum absolute atomic E-state index is 0.0365. The van der Waals surface area contributed by atoms with Crippen LogP contribution in [0.15, 0.2) is 30.9 Å². The molecule has 1 amide bonds. The van der Waals surface area contributed by atoms with Crippen LogP contribution in [0.5, 0.6) is 0 Å². The number of hydrogen-bond donors (Lipinski definition) is 1. The smallest absolute Gasteiger partial charge is 0.290 e. The lowest BCUT2D eigenvalue weighted by molar-refractivity contribution is -0.384. The third-order valence-corrected chi connectivity index (χ3v) is 3.47. The van der Waals surface area contributed by atoms with E-state index >= 15 is 0 Å². The van der Waals surface area contributed by atoms with Crippen LogP contribution >= 0.6 is 23.2 Å². The Bertz CT molecular complexity index is 673. The molecule has 0 fully saturated rings. The number of amides is 1. The van der Waals surface area contributed by atoms with Gasteiger partial charge < -0.3 is 9.88 Å². The number of carbonyl (C=O) groups excluding carboxylic acids is 1. The van der Waals surface area contributed by atoms with Crippen molar-refractivity contribution in [2.75, 3.05) is 6.54 Å². The number of imidazole rings is 1. The largest absolute Gasteiger partial charge is 0.350 e. The standard InChI is InChI=1S/C12H10Cl2N4O3/c13-9-5-8(6-10(11(9)14)18(20)21)12(19)16-2-4-17-3-1-15-7-17/h1,3,5-7H,2,4H2,(H,16,19). The fraction of sp³-hybridized carbons (Fsp3) is 0.167. The van der Waals surface area contributed by atoms with Crippen molar-refractivity contribution in [1.29, 1.82) is 0 Å². The van der Waals surface area contributed by atoms with Gasteiger partial charge in [-0.15, -0.1) is 0 Å². The molecular formula is C12H10Cl2N4O3. The van der Waals surface area contributed by atoms with Crippen molar-refractivity contribution in [1.82, 2.24) is 14.9 Å². The predicted molar refractivity (Wildman–Crippen MR) is 77.7 cm³/mol. The van der Waals surface area contributed by atoms with Crippen LogP contribution in [0.3, 0.4) is 0 Å². The van der Waals surface area contributed by atoms with Gasteiger partial charge in [0.15, 0.2) is 0 Å². The van der Waals surface area contributed by atoms with Gasteiger partial charge in [0.2, 0.25) is 0 Å². The van der Waals surface area contributed by atoms with Gasteiger partial charge in [-0.3, -0.25) is 14.9 Å². The number of nitrogens with zero attached hydrogens (tertiary/aromatic N) is 3. The van der Waals surface area contributed by atoms with E-state index in [9.17, 15) is 14.9 Å². The van der Waals surface area contributed by atoms with Crippen molar-refractivity contribution < 1.29 is 9.72 Å². The van der Waals surface area contributed by atoms with Crippen LogP contribution in [-0.2, 0) is 6.54 Å². The number of hydrogen-bond acceptors (Lipinski definition) is 4. The molecule has 9 heteroatoms. The second-order valence-corrected chi connectivity index (χ2v) is 4.89. The number of aromatic nitrogens is 2. The summed E-state index contributed by atoms with van der Waals surface area (Å²) in [6.45, 7) is 0.887. The molecular weight excluding hydrogens is 319 g/mol. The van der Waals surface area contributed by atoms with Crippen molar-refractivity contribution in [2.45, 2.75) is 6.54 Å². The molecule has 0 saturated carbocycles. The number of halogens is 2. The SMILES string of the molecule is O=C(NCCn1ccnc1)c1cc(Cl)c(Cl)c([N+](=O)[O-])c1. The number of carbonyl (C=O) groups is 1. The molecule has 0 bridgehead atoms. The zero-order valence-corrected chi connectivity index (χ0v) is 12.1. The van der Waals surface area contributed by atoms with Gasteiger partial charge in [-0.05, 0) is 6.07 Å². The summed E-state index contributed by atoms with van der Waals surface area (Å²) < 4.78 is 1.79. The molecule has 7 nitrogen and oxygen atoms in total. The van der Waals surface area contributed by atoms with Crippen molar-refractivity contribution in [3.8, 4) is 0 Å². The van der Waals surface area contributed by atoms with Crippen LogP contribution in [-0.4, -0.2) is 26.9 Å². The van der Waals surface area contributed by atoms with Crippen LogP contribution in [0.4, 0.5) is 5.69 Å². The monoisotopic (exact) mass is 328 g/mol. The Morgan fingerprint density at radius 2 is 2.19 bits per heavy atom. The first-order chi connectivity index (χ1) is 9.99. The van der Waals surface area contributed by atoms with E-state index in [1.807, 2.05) is 0 Å². The summed E-state index contributed by atoms with van der Waals surface area (Å²) in [6, 6.07) is 2.39. The molecule has 0 atom stereocenters. The van der Waals surface area contributed by atoms with Crippen molar-refractivity contribution in [3.05, 3.63) is 56.6 Å². The Morgan fingerprint density at radius 3 is 2.81 bits per heavy atom. The molecule has 1 heterocycles. The Morgan fingerprint density at radius 1 is 1.43 bits per heavy atom. The summed E-state index contributed by atoms with van der Waals surface area (Å²) >= 11 is 11.5. The molecule has 0 saturated heterocycles. The molecule has 0 unspecified atom stereocenters. The molecule has 1 aromatic carbocycles. The zero-order valence-electron chi connectivity index (χ0n) is 10.6. The molecule has 0 spiro atoms. The average molecular weight is 329 g/mol. The minimum atomic E-state index is -0.684. The Hall–Kier alpha value is -2.12. The number of rotatable bonds is 5. The van der Waals surface area contributed by atoms with Crippen LogP contribution in [0.1, 0.15) is 10.4 Å². The topological polar surface area (TPSA) is 90.1 Å². The number of nitrogens with one attached hydrogen (secondary N) is 1. The molecule has 0 aliphatic rings. The first-order valence-electron chi connectivity index (χ1n) is 5.86. The lowest BCUT2D eigenvalue weighted by Gasteiger charge is -2.07. The van der Waals surface area contributed by atoms with Gasteiger partial charge in [-0.1, -0.05) is 23.2 Å². The van der Waals surface area contributed by atoms with E-state index in [-0.39, 0.29) is 15.6 Å². The van der Waals surface area contributed by atoms with Gasteiger partial charge in [-0.2, -0.15) is 0 Å². The van der Waals surface area contributed by atoms with Crippen LogP contribution < -0.4 is 5.32 Å². The van der Waals surface area contributed by atoms with E-state index < -0.39 is 16.5 Å². The fourth-order valence-corrected chi connectivity index (χ4v) is 2.05. The normalized spacial score (nSPS) is 10.4. The van der Waals surface area contributed by atoms with E-state index in [1.54, 1.807) is 23.3 Å². The highest BCUT2D eigenvalue weighted by Crippen LogP contribution is 2.32. The second kappa shape index (κ2) is 6.55. The summed E-state index contributed by atoms with van der Waals surface area (Å²) in [5.74, 6) is -0.461. The summed E-state index contributed by atoms with van der Waals surface area (Å²) in [5.41, 5.74) is -0.314. The molecule has 2 aromatic rings. The van der Waals surface area contributed by atoms with Gasteiger partial charge in [0.1, 0.15) is 5.02 Å². The average Bonchev–Trinajstić information content (AvgIpc) is 2.94. The molecule has 1 N–H and O–H groups in total. The quantitative estimate of drug-likeness (QED) is 0.674. The van der Waals surface area contributed by atoms with E-state index in [1.165, 1.54) is 6.07 Å².